The maximum Gasteiger partial charge on any atom is 0.245 e. The molecule has 1 rings (SSSR count). The molecule has 0 radical (unpaired) electrons. The van der Waals surface area contributed by atoms with Gasteiger partial charge in [0.15, 0.2) is 0 Å². The third kappa shape index (κ3) is 3.44. The molecule has 0 aliphatic heterocycles. The van der Waals surface area contributed by atoms with Crippen LogP contribution < -0.4 is 10.5 Å². The van der Waals surface area contributed by atoms with Crippen molar-refractivity contribution in [3.05, 3.63) is 6.20 Å². The lowest BCUT2D eigenvalue weighted by atomic mass is 9.97. The van der Waals surface area contributed by atoms with Gasteiger partial charge in [-0.1, -0.05) is 26.7 Å². The van der Waals surface area contributed by atoms with Gasteiger partial charge in [-0.2, -0.15) is 5.10 Å². The molecule has 0 spiro atoms. The number of H-pyrrole nitrogens is 1. The van der Waals surface area contributed by atoms with Gasteiger partial charge in [0.1, 0.15) is 10.7 Å². The van der Waals surface area contributed by atoms with Crippen LogP contribution in [0.5, 0.6) is 0 Å². The standard InChI is InChI=1S/C10H20N4O3S/c1-3-7(4-2)8(15)5-13-18(16,17)9-6-12-14-10(9)11/h6-8,13,15H,3-5H2,1-2H3,(H3,11,12,14). The first-order valence-corrected chi connectivity index (χ1v) is 7.37. The van der Waals surface area contributed by atoms with Gasteiger partial charge in [0.2, 0.25) is 10.0 Å². The fourth-order valence-electron chi connectivity index (χ4n) is 1.77. The summed E-state index contributed by atoms with van der Waals surface area (Å²) in [5, 5.41) is 15.8. The summed E-state index contributed by atoms with van der Waals surface area (Å²) in [5.41, 5.74) is 5.45. The van der Waals surface area contributed by atoms with Gasteiger partial charge in [-0.15, -0.1) is 0 Å². The predicted octanol–water partition coefficient (Wildman–Crippen LogP) is 0.0673. The molecule has 1 heterocycles. The first kappa shape index (κ1) is 14.9. The van der Waals surface area contributed by atoms with Gasteiger partial charge >= 0.3 is 0 Å². The Morgan fingerprint density at radius 2 is 2.11 bits per heavy atom. The maximum absolute atomic E-state index is 11.9. The molecule has 0 saturated heterocycles. The largest absolute Gasteiger partial charge is 0.391 e. The number of nitrogens with zero attached hydrogens (tertiary/aromatic N) is 1. The van der Waals surface area contributed by atoms with E-state index in [2.05, 4.69) is 14.9 Å². The molecule has 0 fully saturated rings. The summed E-state index contributed by atoms with van der Waals surface area (Å²) in [6.07, 6.45) is 2.03. The molecule has 7 nitrogen and oxygen atoms in total. The summed E-state index contributed by atoms with van der Waals surface area (Å²) in [6.45, 7) is 3.89. The summed E-state index contributed by atoms with van der Waals surface area (Å²) in [5.74, 6) is 0.0638. The number of nitrogens with one attached hydrogen (secondary N) is 2. The monoisotopic (exact) mass is 276 g/mol. The Morgan fingerprint density at radius 1 is 1.50 bits per heavy atom. The summed E-state index contributed by atoms with van der Waals surface area (Å²) < 4.78 is 26.0. The Kier molecular flexibility index (Phi) is 5.12. The number of nitrogens with two attached hydrogens (primary N) is 1. The van der Waals surface area contributed by atoms with E-state index in [0.717, 1.165) is 19.0 Å². The Morgan fingerprint density at radius 3 is 2.56 bits per heavy atom. The van der Waals surface area contributed by atoms with Gasteiger partial charge < -0.3 is 10.8 Å². The number of aliphatic hydroxyl groups excluding tert-OH is 1. The van der Waals surface area contributed by atoms with Crippen molar-refractivity contribution in [2.45, 2.75) is 37.7 Å². The number of sulfonamides is 1. The van der Waals surface area contributed by atoms with Crippen molar-refractivity contribution in [1.82, 2.24) is 14.9 Å². The molecule has 1 atom stereocenters. The van der Waals surface area contributed by atoms with Gasteiger partial charge in [-0.05, 0) is 5.92 Å². The van der Waals surface area contributed by atoms with Crippen LogP contribution in [-0.2, 0) is 10.0 Å². The molecular formula is C10H20N4O3S. The van der Waals surface area contributed by atoms with Crippen LogP contribution in [0.25, 0.3) is 0 Å². The number of aromatic nitrogens is 2. The number of anilines is 1. The van der Waals surface area contributed by atoms with Crippen molar-refractivity contribution in [2.75, 3.05) is 12.3 Å². The lowest BCUT2D eigenvalue weighted by Gasteiger charge is -2.20. The zero-order valence-corrected chi connectivity index (χ0v) is 11.4. The smallest absolute Gasteiger partial charge is 0.245 e. The van der Waals surface area contributed by atoms with E-state index in [-0.39, 0.29) is 23.2 Å². The van der Waals surface area contributed by atoms with E-state index in [1.807, 2.05) is 13.8 Å². The summed E-state index contributed by atoms with van der Waals surface area (Å²) >= 11 is 0. The lowest BCUT2D eigenvalue weighted by Crippen LogP contribution is -2.36. The second kappa shape index (κ2) is 6.17. The SMILES string of the molecule is CCC(CC)C(O)CNS(=O)(=O)c1cn[nH]c1N. The molecule has 0 amide bonds. The van der Waals surface area contributed by atoms with E-state index in [0.29, 0.717) is 0 Å². The molecule has 1 unspecified atom stereocenters. The van der Waals surface area contributed by atoms with Crippen molar-refractivity contribution < 1.29 is 13.5 Å². The Balaban J connectivity index is 2.66. The van der Waals surface area contributed by atoms with Crippen LogP contribution in [0.1, 0.15) is 26.7 Å². The van der Waals surface area contributed by atoms with Crippen LogP contribution in [-0.4, -0.2) is 36.4 Å². The van der Waals surface area contributed by atoms with E-state index in [9.17, 15) is 13.5 Å². The van der Waals surface area contributed by atoms with E-state index in [1.54, 1.807) is 0 Å². The van der Waals surface area contributed by atoms with E-state index in [4.69, 9.17) is 5.73 Å². The first-order chi connectivity index (χ1) is 8.42. The second-order valence-electron chi connectivity index (χ2n) is 4.14. The van der Waals surface area contributed by atoms with E-state index < -0.39 is 16.1 Å². The molecule has 18 heavy (non-hydrogen) atoms. The van der Waals surface area contributed by atoms with Gasteiger partial charge in [-0.25, -0.2) is 13.1 Å². The number of aliphatic hydroxyl groups is 1. The average Bonchev–Trinajstić information content (AvgIpc) is 2.75. The quantitative estimate of drug-likeness (QED) is 0.561. The van der Waals surface area contributed by atoms with Crippen LogP contribution >= 0.6 is 0 Å². The van der Waals surface area contributed by atoms with Gasteiger partial charge in [0.05, 0.1) is 12.3 Å². The highest BCUT2D eigenvalue weighted by molar-refractivity contribution is 7.89. The molecule has 1 aromatic heterocycles. The van der Waals surface area contributed by atoms with Crippen molar-refractivity contribution in [3.8, 4) is 0 Å². The fraction of sp³-hybridized carbons (Fsp3) is 0.700. The molecule has 5 N–H and O–H groups in total. The Hall–Kier alpha value is -1.12. The number of nitrogen functional groups attached to an aromatic ring is 1. The topological polar surface area (TPSA) is 121 Å². The minimum atomic E-state index is -3.72. The fourth-order valence-corrected chi connectivity index (χ4v) is 2.84. The van der Waals surface area contributed by atoms with Crippen LogP contribution in [0, 0.1) is 5.92 Å². The Labute approximate surface area is 107 Å². The number of rotatable bonds is 7. The molecule has 104 valence electrons. The second-order valence-corrected chi connectivity index (χ2v) is 5.88. The molecule has 0 aromatic carbocycles. The third-order valence-corrected chi connectivity index (χ3v) is 4.45. The molecule has 0 saturated carbocycles. The van der Waals surface area contributed by atoms with Crippen LogP contribution in [0.3, 0.4) is 0 Å². The Bertz CT molecular complexity index is 467. The van der Waals surface area contributed by atoms with Crippen LogP contribution in [0.4, 0.5) is 5.82 Å². The van der Waals surface area contributed by atoms with Crippen molar-refractivity contribution >= 4 is 15.8 Å². The molecule has 8 heteroatoms. The molecule has 0 bridgehead atoms. The van der Waals surface area contributed by atoms with Gasteiger partial charge in [-0.3, -0.25) is 5.10 Å². The van der Waals surface area contributed by atoms with E-state index in [1.165, 1.54) is 0 Å². The predicted molar refractivity (Wildman–Crippen MR) is 68.3 cm³/mol. The summed E-state index contributed by atoms with van der Waals surface area (Å²) in [7, 11) is -3.72. The molecular weight excluding hydrogens is 256 g/mol. The van der Waals surface area contributed by atoms with Crippen molar-refractivity contribution in [3.63, 3.8) is 0 Å². The maximum atomic E-state index is 11.9. The third-order valence-electron chi connectivity index (χ3n) is 3.00. The molecule has 1 aromatic rings. The summed E-state index contributed by atoms with van der Waals surface area (Å²) in [6, 6.07) is 0. The van der Waals surface area contributed by atoms with Crippen molar-refractivity contribution in [2.24, 2.45) is 5.92 Å². The average molecular weight is 276 g/mol. The first-order valence-electron chi connectivity index (χ1n) is 5.88. The molecule has 0 aliphatic rings. The lowest BCUT2D eigenvalue weighted by molar-refractivity contribution is 0.107. The zero-order chi connectivity index (χ0) is 13.8. The minimum Gasteiger partial charge on any atom is -0.391 e. The van der Waals surface area contributed by atoms with Gasteiger partial charge in [0.25, 0.3) is 0 Å². The highest BCUT2D eigenvalue weighted by Crippen LogP contribution is 2.16. The highest BCUT2D eigenvalue weighted by atomic mass is 32.2. The van der Waals surface area contributed by atoms with Gasteiger partial charge in [0, 0.05) is 6.54 Å². The summed E-state index contributed by atoms with van der Waals surface area (Å²) in [4.78, 5) is -0.0979. The van der Waals surface area contributed by atoms with E-state index >= 15 is 0 Å². The van der Waals surface area contributed by atoms with Crippen LogP contribution in [0.15, 0.2) is 11.1 Å². The number of hydrogen-bond donors (Lipinski definition) is 4. The van der Waals surface area contributed by atoms with Crippen molar-refractivity contribution in [1.29, 1.82) is 0 Å². The number of hydrogen-bond acceptors (Lipinski definition) is 5. The zero-order valence-electron chi connectivity index (χ0n) is 10.5. The molecule has 0 aliphatic carbocycles. The number of aromatic amines is 1. The highest BCUT2D eigenvalue weighted by Gasteiger charge is 2.22. The minimum absolute atomic E-state index is 0.0143. The van der Waals surface area contributed by atoms with Crippen LogP contribution in [0.2, 0.25) is 0 Å². The normalized spacial score (nSPS) is 14.0.